The molecule has 29 heavy (non-hydrogen) atoms. The van der Waals surface area contributed by atoms with Crippen LogP contribution in [0.2, 0.25) is 0 Å². The van der Waals surface area contributed by atoms with Crippen LogP contribution in [0, 0.1) is 0 Å². The third-order valence-corrected chi connectivity index (χ3v) is 5.80. The normalized spacial score (nSPS) is 21.7. The average Bonchev–Trinajstić information content (AvgIpc) is 3.17. The van der Waals surface area contributed by atoms with Crippen LogP contribution in [0.1, 0.15) is 52.0 Å². The summed E-state index contributed by atoms with van der Waals surface area (Å²) in [6.45, 7) is 6.71. The molecule has 1 N–H and O–H groups in total. The highest BCUT2D eigenvalue weighted by Gasteiger charge is 2.49. The minimum absolute atomic E-state index is 0.141. The average molecular weight is 402 g/mol. The molecule has 7 nitrogen and oxygen atoms in total. The second-order valence-corrected chi connectivity index (χ2v) is 8.91. The molecule has 2 aliphatic heterocycles. The number of hydrogen-bond donors (Lipinski definition) is 1. The molecular weight excluding hydrogens is 372 g/mol. The summed E-state index contributed by atoms with van der Waals surface area (Å²) in [5.41, 5.74) is -0.520. The first-order chi connectivity index (χ1) is 13.6. The highest BCUT2D eigenvalue weighted by atomic mass is 16.6. The minimum atomic E-state index is -0.953. The third kappa shape index (κ3) is 4.38. The van der Waals surface area contributed by atoms with Crippen LogP contribution in [-0.4, -0.2) is 64.2 Å². The molecule has 2 amide bonds. The minimum Gasteiger partial charge on any atom is -0.480 e. The molecule has 3 rings (SSSR count). The zero-order valence-electron chi connectivity index (χ0n) is 17.4. The fraction of sp³-hybridized carbons (Fsp3) is 0.591. The van der Waals surface area contributed by atoms with Crippen molar-refractivity contribution in [3.63, 3.8) is 0 Å². The molecule has 1 aromatic carbocycles. The Balaban J connectivity index is 1.85. The van der Waals surface area contributed by atoms with E-state index in [1.54, 1.807) is 4.90 Å². The van der Waals surface area contributed by atoms with Gasteiger partial charge in [-0.1, -0.05) is 30.3 Å². The maximum atomic E-state index is 13.7. The SMILES string of the molecule is CC(C)(C)OC(=O)N1CCC(C(=O)N2CCC[C@@H]2C(=O)O)(c2ccccc2)CC1. The van der Waals surface area contributed by atoms with Crippen molar-refractivity contribution in [2.24, 2.45) is 0 Å². The van der Waals surface area contributed by atoms with Gasteiger partial charge in [-0.3, -0.25) is 4.79 Å². The molecule has 7 heteroatoms. The van der Waals surface area contributed by atoms with E-state index in [0.717, 1.165) is 5.56 Å². The van der Waals surface area contributed by atoms with Gasteiger partial charge in [0.15, 0.2) is 0 Å². The van der Waals surface area contributed by atoms with Gasteiger partial charge in [0.05, 0.1) is 5.41 Å². The third-order valence-electron chi connectivity index (χ3n) is 5.80. The summed E-state index contributed by atoms with van der Waals surface area (Å²) in [6, 6.07) is 8.76. The van der Waals surface area contributed by atoms with Gasteiger partial charge in [0, 0.05) is 19.6 Å². The largest absolute Gasteiger partial charge is 0.480 e. The van der Waals surface area contributed by atoms with E-state index in [4.69, 9.17) is 4.74 Å². The first-order valence-electron chi connectivity index (χ1n) is 10.2. The van der Waals surface area contributed by atoms with Crippen molar-refractivity contribution in [1.82, 2.24) is 9.80 Å². The van der Waals surface area contributed by atoms with Crippen LogP contribution >= 0.6 is 0 Å². The Morgan fingerprint density at radius 1 is 1.07 bits per heavy atom. The molecule has 2 saturated heterocycles. The first-order valence-corrected chi connectivity index (χ1v) is 10.2. The fourth-order valence-corrected chi connectivity index (χ4v) is 4.32. The predicted octanol–water partition coefficient (Wildman–Crippen LogP) is 3.03. The number of carboxylic acid groups (broad SMARTS) is 1. The summed E-state index contributed by atoms with van der Waals surface area (Å²) in [5.74, 6) is -1.09. The van der Waals surface area contributed by atoms with Crippen molar-refractivity contribution in [2.45, 2.75) is 63.5 Å². The predicted molar refractivity (Wildman–Crippen MR) is 108 cm³/mol. The first kappa shape index (κ1) is 21.1. The van der Waals surface area contributed by atoms with E-state index < -0.39 is 23.0 Å². The number of hydrogen-bond acceptors (Lipinski definition) is 4. The number of nitrogens with zero attached hydrogens (tertiary/aromatic N) is 2. The highest BCUT2D eigenvalue weighted by molar-refractivity contribution is 5.92. The number of benzene rings is 1. The Kier molecular flexibility index (Phi) is 5.87. The molecule has 0 bridgehead atoms. The van der Waals surface area contributed by atoms with Crippen LogP contribution in [0.15, 0.2) is 30.3 Å². The van der Waals surface area contributed by atoms with Gasteiger partial charge in [-0.25, -0.2) is 9.59 Å². The molecule has 0 aliphatic carbocycles. The topological polar surface area (TPSA) is 87.2 Å². The molecule has 2 heterocycles. The van der Waals surface area contributed by atoms with Crippen LogP contribution in [0.5, 0.6) is 0 Å². The van der Waals surface area contributed by atoms with E-state index in [0.29, 0.717) is 45.3 Å². The summed E-state index contributed by atoms with van der Waals surface area (Å²) in [6.07, 6.45) is 1.68. The molecule has 1 aromatic rings. The van der Waals surface area contributed by atoms with Gasteiger partial charge in [-0.05, 0) is 52.0 Å². The lowest BCUT2D eigenvalue weighted by Crippen LogP contribution is -2.56. The number of likely N-dealkylation sites (tertiary alicyclic amines) is 2. The maximum absolute atomic E-state index is 13.7. The summed E-state index contributed by atoms with van der Waals surface area (Å²) >= 11 is 0. The monoisotopic (exact) mass is 402 g/mol. The number of ether oxygens (including phenoxy) is 1. The zero-order valence-corrected chi connectivity index (χ0v) is 17.4. The van der Waals surface area contributed by atoms with Crippen molar-refractivity contribution in [3.05, 3.63) is 35.9 Å². The Morgan fingerprint density at radius 2 is 1.69 bits per heavy atom. The molecule has 0 saturated carbocycles. The standard InChI is InChI=1S/C22H30N2O5/c1-21(2,3)29-20(28)23-14-11-22(12-15-23,16-8-5-4-6-9-16)19(27)24-13-7-10-17(24)18(25)26/h4-6,8-9,17H,7,10-15H2,1-3H3,(H,25,26)/t17-/m1/s1. The fourth-order valence-electron chi connectivity index (χ4n) is 4.32. The summed E-state index contributed by atoms with van der Waals surface area (Å²) in [7, 11) is 0. The molecule has 2 fully saturated rings. The van der Waals surface area contributed by atoms with Crippen molar-refractivity contribution < 1.29 is 24.2 Å². The molecule has 1 atom stereocenters. The van der Waals surface area contributed by atoms with E-state index in [1.807, 2.05) is 51.1 Å². The summed E-state index contributed by atoms with van der Waals surface area (Å²) in [4.78, 5) is 40.9. The van der Waals surface area contributed by atoms with Gasteiger partial charge >= 0.3 is 12.1 Å². The molecule has 0 radical (unpaired) electrons. The number of carbonyl (C=O) groups is 3. The van der Waals surface area contributed by atoms with Gasteiger partial charge in [-0.2, -0.15) is 0 Å². The number of carbonyl (C=O) groups excluding carboxylic acids is 2. The van der Waals surface area contributed by atoms with E-state index in [2.05, 4.69) is 0 Å². The van der Waals surface area contributed by atoms with E-state index in [1.165, 1.54) is 4.90 Å². The lowest BCUT2D eigenvalue weighted by atomic mass is 9.71. The lowest BCUT2D eigenvalue weighted by molar-refractivity contribution is -0.151. The number of amides is 2. The van der Waals surface area contributed by atoms with Crippen molar-refractivity contribution in [3.8, 4) is 0 Å². The van der Waals surface area contributed by atoms with E-state index >= 15 is 0 Å². The van der Waals surface area contributed by atoms with Gasteiger partial charge < -0.3 is 19.6 Å². The molecule has 0 unspecified atom stereocenters. The van der Waals surface area contributed by atoms with E-state index in [-0.39, 0.29) is 12.0 Å². The Morgan fingerprint density at radius 3 is 2.24 bits per heavy atom. The van der Waals surface area contributed by atoms with Crippen molar-refractivity contribution in [2.75, 3.05) is 19.6 Å². The van der Waals surface area contributed by atoms with Crippen molar-refractivity contribution >= 4 is 18.0 Å². The van der Waals surface area contributed by atoms with Gasteiger partial charge in [0.25, 0.3) is 0 Å². The lowest BCUT2D eigenvalue weighted by Gasteiger charge is -2.43. The second kappa shape index (κ2) is 8.05. The number of rotatable bonds is 3. The summed E-state index contributed by atoms with van der Waals surface area (Å²) in [5, 5.41) is 9.55. The zero-order chi connectivity index (χ0) is 21.2. The second-order valence-electron chi connectivity index (χ2n) is 8.91. The van der Waals surface area contributed by atoms with Crippen LogP contribution < -0.4 is 0 Å². The van der Waals surface area contributed by atoms with E-state index in [9.17, 15) is 19.5 Å². The molecule has 158 valence electrons. The maximum Gasteiger partial charge on any atom is 0.410 e. The Hall–Kier alpha value is -2.57. The van der Waals surface area contributed by atoms with Gasteiger partial charge in [0.1, 0.15) is 11.6 Å². The molecule has 0 spiro atoms. The van der Waals surface area contributed by atoms with Gasteiger partial charge in [0.2, 0.25) is 5.91 Å². The smallest absolute Gasteiger partial charge is 0.410 e. The van der Waals surface area contributed by atoms with Crippen LogP contribution in [0.25, 0.3) is 0 Å². The Labute approximate surface area is 171 Å². The quantitative estimate of drug-likeness (QED) is 0.840. The highest BCUT2D eigenvalue weighted by Crippen LogP contribution is 2.39. The molecule has 0 aromatic heterocycles. The van der Waals surface area contributed by atoms with Crippen LogP contribution in [-0.2, 0) is 19.7 Å². The summed E-state index contributed by atoms with van der Waals surface area (Å²) < 4.78 is 5.47. The number of aliphatic carboxylic acids is 1. The molecule has 2 aliphatic rings. The number of carboxylic acids is 1. The Bertz CT molecular complexity index is 763. The molecular formula is C22H30N2O5. The van der Waals surface area contributed by atoms with Crippen LogP contribution in [0.4, 0.5) is 4.79 Å². The van der Waals surface area contributed by atoms with Crippen molar-refractivity contribution in [1.29, 1.82) is 0 Å². The van der Waals surface area contributed by atoms with Gasteiger partial charge in [-0.15, -0.1) is 0 Å². The number of piperidine rings is 1. The van der Waals surface area contributed by atoms with Crippen LogP contribution in [0.3, 0.4) is 0 Å².